The van der Waals surface area contributed by atoms with Gasteiger partial charge < -0.3 is 20.1 Å². The first-order valence-corrected chi connectivity index (χ1v) is 6.36. The molecule has 0 aromatic carbocycles. The molecule has 0 amide bonds. The van der Waals surface area contributed by atoms with Gasteiger partial charge in [-0.3, -0.25) is 9.59 Å². The Kier molecular flexibility index (Phi) is 6.52. The summed E-state index contributed by atoms with van der Waals surface area (Å²) in [7, 11) is 0. The van der Waals surface area contributed by atoms with Crippen molar-refractivity contribution in [3.8, 4) is 0 Å². The fourth-order valence-electron chi connectivity index (χ4n) is 2.06. The molecule has 0 aromatic rings. The van der Waals surface area contributed by atoms with Crippen LogP contribution in [0, 0.1) is 17.8 Å². The van der Waals surface area contributed by atoms with E-state index in [1.165, 1.54) is 0 Å². The number of esters is 1. The molecule has 0 bridgehead atoms. The summed E-state index contributed by atoms with van der Waals surface area (Å²) >= 11 is 0. The van der Waals surface area contributed by atoms with E-state index < -0.39 is 23.8 Å². The molecule has 19 heavy (non-hydrogen) atoms. The van der Waals surface area contributed by atoms with Gasteiger partial charge in [0.2, 0.25) is 0 Å². The second-order valence-corrected chi connectivity index (χ2v) is 4.68. The highest BCUT2D eigenvalue weighted by Crippen LogP contribution is 2.27. The SMILES string of the molecule is O=C(O)C1CC=CCC1C(=O)OCC(CO)CCO. The Labute approximate surface area is 111 Å². The molecule has 1 rings (SSSR count). The number of carboxylic acids is 1. The Balaban J connectivity index is 2.51. The highest BCUT2D eigenvalue weighted by Gasteiger charge is 2.35. The predicted molar refractivity (Wildman–Crippen MR) is 66.2 cm³/mol. The Morgan fingerprint density at radius 1 is 1.21 bits per heavy atom. The molecule has 0 aromatic heterocycles. The van der Waals surface area contributed by atoms with Gasteiger partial charge in [0.05, 0.1) is 18.4 Å². The summed E-state index contributed by atoms with van der Waals surface area (Å²) in [5.41, 5.74) is 0. The summed E-state index contributed by atoms with van der Waals surface area (Å²) in [6, 6.07) is 0. The predicted octanol–water partition coefficient (Wildman–Crippen LogP) is 0.187. The topological polar surface area (TPSA) is 104 Å². The maximum atomic E-state index is 11.9. The molecule has 6 nitrogen and oxygen atoms in total. The number of hydrogen-bond acceptors (Lipinski definition) is 5. The summed E-state index contributed by atoms with van der Waals surface area (Å²) in [4.78, 5) is 22.9. The second kappa shape index (κ2) is 7.91. The van der Waals surface area contributed by atoms with Gasteiger partial charge in [0, 0.05) is 19.1 Å². The number of rotatable bonds is 7. The van der Waals surface area contributed by atoms with E-state index in [4.69, 9.17) is 20.1 Å². The van der Waals surface area contributed by atoms with Gasteiger partial charge in [0.15, 0.2) is 0 Å². The molecule has 0 saturated carbocycles. The molecule has 0 saturated heterocycles. The third-order valence-electron chi connectivity index (χ3n) is 3.31. The van der Waals surface area contributed by atoms with Gasteiger partial charge in [-0.25, -0.2) is 0 Å². The highest BCUT2D eigenvalue weighted by atomic mass is 16.5. The van der Waals surface area contributed by atoms with Gasteiger partial charge in [-0.05, 0) is 19.3 Å². The third-order valence-corrected chi connectivity index (χ3v) is 3.31. The number of carboxylic acid groups (broad SMARTS) is 1. The van der Waals surface area contributed by atoms with Crippen molar-refractivity contribution in [1.82, 2.24) is 0 Å². The standard InChI is InChI=1S/C13H20O6/c14-6-5-9(7-15)8-19-13(18)11-4-2-1-3-10(11)12(16)17/h1-2,9-11,14-15H,3-8H2,(H,16,17). The van der Waals surface area contributed by atoms with Crippen LogP contribution in [0.2, 0.25) is 0 Å². The van der Waals surface area contributed by atoms with E-state index in [0.29, 0.717) is 19.3 Å². The Morgan fingerprint density at radius 2 is 1.84 bits per heavy atom. The van der Waals surface area contributed by atoms with E-state index in [2.05, 4.69) is 0 Å². The lowest BCUT2D eigenvalue weighted by Crippen LogP contribution is -2.33. The van der Waals surface area contributed by atoms with Crippen LogP contribution in [-0.2, 0) is 14.3 Å². The number of aliphatic hydroxyl groups excluding tert-OH is 2. The number of hydrogen-bond donors (Lipinski definition) is 3. The Morgan fingerprint density at radius 3 is 2.37 bits per heavy atom. The van der Waals surface area contributed by atoms with Crippen molar-refractivity contribution < 1.29 is 29.6 Å². The molecule has 0 radical (unpaired) electrons. The molecule has 3 unspecified atom stereocenters. The first-order chi connectivity index (χ1) is 9.10. The molecule has 6 heteroatoms. The summed E-state index contributed by atoms with van der Waals surface area (Å²) in [6.45, 7) is -0.268. The van der Waals surface area contributed by atoms with Crippen LogP contribution in [0.4, 0.5) is 0 Å². The monoisotopic (exact) mass is 272 g/mol. The average Bonchev–Trinajstić information content (AvgIpc) is 2.43. The number of aliphatic hydroxyl groups is 2. The maximum absolute atomic E-state index is 11.9. The number of allylic oxidation sites excluding steroid dienone is 2. The van der Waals surface area contributed by atoms with Crippen LogP contribution in [0.25, 0.3) is 0 Å². The molecule has 0 fully saturated rings. The lowest BCUT2D eigenvalue weighted by Gasteiger charge is -2.24. The number of carbonyl (C=O) groups is 2. The van der Waals surface area contributed by atoms with Crippen LogP contribution in [0.1, 0.15) is 19.3 Å². The molecule has 0 spiro atoms. The van der Waals surface area contributed by atoms with E-state index in [1.807, 2.05) is 0 Å². The molecular formula is C13H20O6. The van der Waals surface area contributed by atoms with E-state index in [1.54, 1.807) is 12.2 Å². The zero-order valence-corrected chi connectivity index (χ0v) is 10.7. The Bertz CT molecular complexity index is 338. The molecule has 0 heterocycles. The van der Waals surface area contributed by atoms with Gasteiger partial charge in [0.25, 0.3) is 0 Å². The average molecular weight is 272 g/mol. The van der Waals surface area contributed by atoms with E-state index in [-0.39, 0.29) is 25.7 Å². The van der Waals surface area contributed by atoms with Crippen molar-refractivity contribution >= 4 is 11.9 Å². The van der Waals surface area contributed by atoms with Gasteiger partial charge in [0.1, 0.15) is 0 Å². The minimum Gasteiger partial charge on any atom is -0.481 e. The molecule has 3 atom stereocenters. The molecule has 108 valence electrons. The number of carbonyl (C=O) groups excluding carboxylic acids is 1. The van der Waals surface area contributed by atoms with Crippen LogP contribution in [0.15, 0.2) is 12.2 Å². The minimum atomic E-state index is -1.000. The molecule has 3 N–H and O–H groups in total. The summed E-state index contributed by atoms with van der Waals surface area (Å²) in [6.07, 6.45) is 4.57. The van der Waals surface area contributed by atoms with Crippen molar-refractivity contribution in [1.29, 1.82) is 0 Å². The molecule has 0 aliphatic heterocycles. The number of ether oxygens (including phenoxy) is 1. The van der Waals surface area contributed by atoms with Gasteiger partial charge in [-0.15, -0.1) is 0 Å². The number of aliphatic carboxylic acids is 1. The van der Waals surface area contributed by atoms with Gasteiger partial charge in [-0.1, -0.05) is 12.2 Å². The minimum absolute atomic E-state index is 0.00243. The molecular weight excluding hydrogens is 252 g/mol. The second-order valence-electron chi connectivity index (χ2n) is 4.68. The lowest BCUT2D eigenvalue weighted by atomic mass is 9.83. The quantitative estimate of drug-likeness (QED) is 0.451. The van der Waals surface area contributed by atoms with Crippen molar-refractivity contribution in [3.63, 3.8) is 0 Å². The normalized spacial score (nSPS) is 23.9. The zero-order chi connectivity index (χ0) is 14.3. The van der Waals surface area contributed by atoms with Crippen LogP contribution >= 0.6 is 0 Å². The van der Waals surface area contributed by atoms with Crippen LogP contribution < -0.4 is 0 Å². The Hall–Kier alpha value is -1.40. The molecule has 1 aliphatic carbocycles. The van der Waals surface area contributed by atoms with Crippen LogP contribution in [0.3, 0.4) is 0 Å². The largest absolute Gasteiger partial charge is 0.481 e. The van der Waals surface area contributed by atoms with Gasteiger partial charge in [-0.2, -0.15) is 0 Å². The fourth-order valence-corrected chi connectivity index (χ4v) is 2.06. The highest BCUT2D eigenvalue weighted by molar-refractivity contribution is 5.81. The third kappa shape index (κ3) is 4.65. The van der Waals surface area contributed by atoms with E-state index >= 15 is 0 Å². The van der Waals surface area contributed by atoms with E-state index in [9.17, 15) is 9.59 Å². The molecule has 1 aliphatic rings. The lowest BCUT2D eigenvalue weighted by molar-refractivity contribution is -0.159. The van der Waals surface area contributed by atoms with Crippen LogP contribution in [-0.4, -0.2) is 47.1 Å². The zero-order valence-electron chi connectivity index (χ0n) is 10.7. The van der Waals surface area contributed by atoms with Crippen LogP contribution in [0.5, 0.6) is 0 Å². The van der Waals surface area contributed by atoms with Crippen molar-refractivity contribution in [2.24, 2.45) is 17.8 Å². The van der Waals surface area contributed by atoms with Crippen molar-refractivity contribution in [2.75, 3.05) is 19.8 Å². The maximum Gasteiger partial charge on any atom is 0.310 e. The van der Waals surface area contributed by atoms with E-state index in [0.717, 1.165) is 0 Å². The smallest absolute Gasteiger partial charge is 0.310 e. The first-order valence-electron chi connectivity index (χ1n) is 6.36. The van der Waals surface area contributed by atoms with Crippen molar-refractivity contribution in [2.45, 2.75) is 19.3 Å². The van der Waals surface area contributed by atoms with Crippen molar-refractivity contribution in [3.05, 3.63) is 12.2 Å². The summed E-state index contributed by atoms with van der Waals surface area (Å²) < 4.78 is 5.06. The fraction of sp³-hybridized carbons (Fsp3) is 0.692. The van der Waals surface area contributed by atoms with Gasteiger partial charge >= 0.3 is 11.9 Å². The first kappa shape index (κ1) is 15.7. The summed E-state index contributed by atoms with van der Waals surface area (Å²) in [5.74, 6) is -3.27. The summed E-state index contributed by atoms with van der Waals surface area (Å²) in [5, 5.41) is 26.8.